The molecule has 0 unspecified atom stereocenters. The number of hydrogen-bond acceptors (Lipinski definition) is 2. The Morgan fingerprint density at radius 2 is 0.889 bits per heavy atom. The lowest BCUT2D eigenvalue weighted by atomic mass is 9.91. The Labute approximate surface area is 301 Å². The Kier molecular flexibility index (Phi) is 8.54. The third-order valence-corrected chi connectivity index (χ3v) is 9.04. The average Bonchev–Trinajstić information content (AvgIpc) is 3.50. The van der Waals surface area contributed by atoms with E-state index in [-0.39, 0.29) is 33.6 Å². The normalized spacial score (nSPS) is 12.2. The van der Waals surface area contributed by atoms with Crippen molar-refractivity contribution in [3.8, 4) is 67.8 Å². The summed E-state index contributed by atoms with van der Waals surface area (Å²) in [6.45, 7) is 15.6. The number of allylic oxidation sites excluding steroid dienone is 1. The van der Waals surface area contributed by atoms with Gasteiger partial charge in [0.05, 0.1) is 30.8 Å². The highest BCUT2D eigenvalue weighted by Gasteiger charge is 2.30. The molecule has 12 heteroatoms. The number of halogens is 8. The molecule has 1 aliphatic carbocycles. The third-order valence-electron chi connectivity index (χ3n) is 9.04. The van der Waals surface area contributed by atoms with Crippen LogP contribution in [0.5, 0.6) is 0 Å². The molecule has 6 aromatic carbocycles. The number of hydrogen-bond donors (Lipinski definition) is 0. The highest BCUT2D eigenvalue weighted by atomic mass is 19.2. The van der Waals surface area contributed by atoms with Gasteiger partial charge in [0.2, 0.25) is 0 Å². The van der Waals surface area contributed by atoms with Crippen molar-refractivity contribution < 1.29 is 35.1 Å². The van der Waals surface area contributed by atoms with E-state index < -0.39 is 57.7 Å². The summed E-state index contributed by atoms with van der Waals surface area (Å²) < 4.78 is 112. The molecule has 1 aliphatic rings. The van der Waals surface area contributed by atoms with Crippen LogP contribution in [0.4, 0.5) is 40.8 Å². The molecule has 0 spiro atoms. The SMILES string of the molecule is [C-]#[N+]/C(C#N)=C1/c2cc(C#N)c(-c3ccc(-c4cc(F)c(F)c(F)c4F)cc3)cc2-c2cc(-c3ccc(-c4cc(F)c(F)c(F)c4F)cc3)c([N+]#[C-])cc21. The second kappa shape index (κ2) is 13.2. The molecule has 4 nitrogen and oxygen atoms in total. The molecule has 0 aromatic heterocycles. The summed E-state index contributed by atoms with van der Waals surface area (Å²) in [5, 5.41) is 20.1. The van der Waals surface area contributed by atoms with Crippen LogP contribution in [0.3, 0.4) is 0 Å². The maximum Gasteiger partial charge on any atom is 0.270 e. The largest absolute Gasteiger partial charge is 0.270 e. The topological polar surface area (TPSA) is 56.3 Å². The molecule has 0 saturated carbocycles. The molecular weight excluding hydrogens is 712 g/mol. The predicted octanol–water partition coefficient (Wildman–Crippen LogP) is 12.1. The number of fused-ring (bicyclic) bond motifs is 3. The highest BCUT2D eigenvalue weighted by Crippen LogP contribution is 2.51. The molecule has 0 radical (unpaired) electrons. The Morgan fingerprint density at radius 1 is 0.463 bits per heavy atom. The van der Waals surface area contributed by atoms with Gasteiger partial charge in [0.15, 0.2) is 52.2 Å². The first-order valence-corrected chi connectivity index (χ1v) is 15.5. The van der Waals surface area contributed by atoms with Gasteiger partial charge >= 0.3 is 0 Å². The molecule has 0 aliphatic heterocycles. The van der Waals surface area contributed by atoms with Gasteiger partial charge in [-0.25, -0.2) is 50.1 Å². The lowest BCUT2D eigenvalue weighted by molar-refractivity contribution is 0.411. The molecule has 258 valence electrons. The fraction of sp³-hybridized carbons (Fsp3) is 0. The molecular formula is C42H14F8N4. The zero-order valence-corrected chi connectivity index (χ0v) is 26.9. The van der Waals surface area contributed by atoms with Crippen molar-refractivity contribution in [1.29, 1.82) is 10.5 Å². The second-order valence-corrected chi connectivity index (χ2v) is 11.9. The van der Waals surface area contributed by atoms with E-state index in [2.05, 4.69) is 15.8 Å². The minimum absolute atomic E-state index is 0.0137. The summed E-state index contributed by atoms with van der Waals surface area (Å²) >= 11 is 0. The van der Waals surface area contributed by atoms with Gasteiger partial charge < -0.3 is 0 Å². The fourth-order valence-electron chi connectivity index (χ4n) is 6.46. The Bertz CT molecular complexity index is 2640. The zero-order chi connectivity index (χ0) is 38.6. The maximum absolute atomic E-state index is 14.5. The fourth-order valence-corrected chi connectivity index (χ4v) is 6.46. The summed E-state index contributed by atoms with van der Waals surface area (Å²) in [6.07, 6.45) is 0. The first kappa shape index (κ1) is 34.9. The van der Waals surface area contributed by atoms with Crippen LogP contribution >= 0.6 is 0 Å². The van der Waals surface area contributed by atoms with E-state index >= 15 is 0 Å². The smallest absolute Gasteiger partial charge is 0.237 e. The van der Waals surface area contributed by atoms with Crippen LogP contribution in [0.2, 0.25) is 0 Å². The average molecular weight is 727 g/mol. The zero-order valence-electron chi connectivity index (χ0n) is 26.9. The van der Waals surface area contributed by atoms with Gasteiger partial charge in [-0.3, -0.25) is 0 Å². The van der Waals surface area contributed by atoms with Crippen molar-refractivity contribution in [2.45, 2.75) is 0 Å². The molecule has 0 heterocycles. The number of benzene rings is 6. The third kappa shape index (κ3) is 5.42. The van der Waals surface area contributed by atoms with Gasteiger partial charge in [-0.15, -0.1) is 0 Å². The standard InChI is InChI=1S/C42H14F8N4/c1-53-34-16-31-29(13-25(34)20-5-9-22(10-6-20)27-15-33(44)40(48)42(50)38(27)46)28-12-24(23(17-51)11-30(28)36(31)35(18-52)54-2)19-3-7-21(8-4-19)26-14-32(43)39(47)41(49)37(26)45/h3-16H/b36-35-. The van der Waals surface area contributed by atoms with Gasteiger partial charge in [-0.05, 0) is 80.4 Å². The van der Waals surface area contributed by atoms with E-state index in [0.29, 0.717) is 56.6 Å². The van der Waals surface area contributed by atoms with Crippen LogP contribution < -0.4 is 0 Å². The van der Waals surface area contributed by atoms with Crippen molar-refractivity contribution in [3.63, 3.8) is 0 Å². The number of rotatable bonds is 4. The molecule has 54 heavy (non-hydrogen) atoms. The molecule has 0 saturated heterocycles. The molecule has 0 amide bonds. The summed E-state index contributed by atoms with van der Waals surface area (Å²) in [4.78, 5) is 7.01. The van der Waals surface area contributed by atoms with Gasteiger partial charge in [-0.1, -0.05) is 54.6 Å². The Morgan fingerprint density at radius 3 is 1.31 bits per heavy atom. The van der Waals surface area contributed by atoms with E-state index in [0.717, 1.165) is 0 Å². The minimum Gasteiger partial charge on any atom is -0.237 e. The highest BCUT2D eigenvalue weighted by molar-refractivity contribution is 6.07. The summed E-state index contributed by atoms with van der Waals surface area (Å²) in [5.41, 5.74) is 2.11. The van der Waals surface area contributed by atoms with Crippen molar-refractivity contribution in [3.05, 3.63) is 177 Å². The number of nitrogens with zero attached hydrogens (tertiary/aromatic N) is 4. The summed E-state index contributed by atoms with van der Waals surface area (Å²) in [5.74, 6) is -14.2. The molecule has 0 bridgehead atoms. The van der Waals surface area contributed by atoms with E-state index in [1.165, 1.54) is 60.7 Å². The molecule has 7 rings (SSSR count). The first-order chi connectivity index (χ1) is 25.9. The molecule has 0 N–H and O–H groups in total. The molecule has 0 atom stereocenters. The van der Waals surface area contributed by atoms with E-state index in [9.17, 15) is 45.6 Å². The van der Waals surface area contributed by atoms with E-state index in [1.54, 1.807) is 12.1 Å². The van der Waals surface area contributed by atoms with Crippen LogP contribution in [-0.4, -0.2) is 0 Å². The van der Waals surface area contributed by atoms with E-state index in [4.69, 9.17) is 13.1 Å². The monoisotopic (exact) mass is 726 g/mol. The second-order valence-electron chi connectivity index (χ2n) is 11.9. The van der Waals surface area contributed by atoms with Crippen molar-refractivity contribution in [2.75, 3.05) is 0 Å². The van der Waals surface area contributed by atoms with Crippen LogP contribution in [-0.2, 0) is 0 Å². The van der Waals surface area contributed by atoms with Crippen LogP contribution in [0.15, 0.2) is 90.6 Å². The van der Waals surface area contributed by atoms with Crippen LogP contribution in [0.1, 0.15) is 16.7 Å². The van der Waals surface area contributed by atoms with Gasteiger partial charge in [0.25, 0.3) is 5.70 Å². The summed E-state index contributed by atoms with van der Waals surface area (Å²) in [7, 11) is 0. The van der Waals surface area contributed by atoms with Gasteiger partial charge in [0, 0.05) is 22.3 Å². The molecule has 0 fully saturated rings. The van der Waals surface area contributed by atoms with Gasteiger partial charge in [0.1, 0.15) is 0 Å². The Balaban J connectivity index is 1.38. The predicted molar refractivity (Wildman–Crippen MR) is 182 cm³/mol. The maximum atomic E-state index is 14.5. The van der Waals surface area contributed by atoms with Crippen LogP contribution in [0.25, 0.3) is 70.9 Å². The first-order valence-electron chi connectivity index (χ1n) is 15.5. The van der Waals surface area contributed by atoms with E-state index in [1.807, 2.05) is 6.07 Å². The quantitative estimate of drug-likeness (QED) is 0.0596. The Hall–Kier alpha value is -7.54. The molecule has 6 aromatic rings. The minimum atomic E-state index is -1.97. The lowest BCUT2D eigenvalue weighted by Gasteiger charge is -2.12. The van der Waals surface area contributed by atoms with Crippen molar-refractivity contribution >= 4 is 11.3 Å². The lowest BCUT2D eigenvalue weighted by Crippen LogP contribution is -1.98. The van der Waals surface area contributed by atoms with Crippen molar-refractivity contribution in [2.24, 2.45) is 0 Å². The van der Waals surface area contributed by atoms with Crippen LogP contribution in [0, 0.1) is 82.3 Å². The summed E-state index contributed by atoms with van der Waals surface area (Å²) in [6, 6.07) is 22.4. The van der Waals surface area contributed by atoms with Gasteiger partial charge in [-0.2, -0.15) is 5.26 Å². The van der Waals surface area contributed by atoms with Crippen molar-refractivity contribution in [1.82, 2.24) is 0 Å². The number of nitriles is 2.